The molecule has 0 unspecified atom stereocenters. The molecule has 6 heteroatoms. The van der Waals surface area contributed by atoms with Crippen molar-refractivity contribution in [3.05, 3.63) is 59.9 Å². The summed E-state index contributed by atoms with van der Waals surface area (Å²) in [6, 6.07) is 13.9. The van der Waals surface area contributed by atoms with Gasteiger partial charge in [-0.25, -0.2) is 14.2 Å². The summed E-state index contributed by atoms with van der Waals surface area (Å²) < 4.78 is 24.0. The predicted octanol–water partition coefficient (Wildman–Crippen LogP) is 4.81. The second-order valence-electron chi connectivity index (χ2n) is 7.05. The average molecular weight is 394 g/mol. The monoisotopic (exact) mass is 394 g/mol. The van der Waals surface area contributed by atoms with Crippen molar-refractivity contribution in [3.63, 3.8) is 0 Å². The Bertz CT molecular complexity index is 1010. The van der Waals surface area contributed by atoms with Crippen LogP contribution in [-0.4, -0.2) is 36.8 Å². The lowest BCUT2D eigenvalue weighted by Crippen LogP contribution is -2.28. The van der Waals surface area contributed by atoms with E-state index in [1.165, 1.54) is 12.1 Å². The maximum absolute atomic E-state index is 13.4. The number of fused-ring (bicyclic) bond motifs is 1. The van der Waals surface area contributed by atoms with Crippen LogP contribution in [0.1, 0.15) is 30.1 Å². The number of halogens is 1. The van der Waals surface area contributed by atoms with Crippen LogP contribution in [0.25, 0.3) is 22.2 Å². The summed E-state index contributed by atoms with van der Waals surface area (Å²) >= 11 is 0. The van der Waals surface area contributed by atoms with Crippen molar-refractivity contribution in [1.82, 2.24) is 4.98 Å². The van der Waals surface area contributed by atoms with E-state index in [2.05, 4.69) is 5.32 Å². The number of benzene rings is 2. The number of hydrogen-bond donors (Lipinski definition) is 1. The van der Waals surface area contributed by atoms with Crippen molar-refractivity contribution in [1.29, 1.82) is 0 Å². The molecule has 0 amide bonds. The molecule has 1 fully saturated rings. The highest BCUT2D eigenvalue weighted by molar-refractivity contribution is 5.96. The molecule has 5 nitrogen and oxygen atoms in total. The van der Waals surface area contributed by atoms with E-state index >= 15 is 0 Å². The first kappa shape index (κ1) is 19.3. The SMILES string of the molecule is CCOC(=O)c1ccc2nc(-c3ccc(F)cc3)c(NC3CCOCC3)cc2c1. The standard InChI is InChI=1S/C23H23FN2O3/c1-2-29-23(27)16-5-8-20-17(13-16)14-21(25-19-9-11-28-12-10-19)22(26-20)15-3-6-18(24)7-4-15/h3-8,13-14,19,25H,2,9-12H2,1H3. The molecule has 3 aromatic rings. The number of anilines is 1. The minimum absolute atomic E-state index is 0.274. The van der Waals surface area contributed by atoms with Crippen molar-refractivity contribution < 1.29 is 18.7 Å². The summed E-state index contributed by atoms with van der Waals surface area (Å²) in [7, 11) is 0. The third kappa shape index (κ3) is 4.38. The van der Waals surface area contributed by atoms with Gasteiger partial charge in [0.2, 0.25) is 0 Å². The van der Waals surface area contributed by atoms with Crippen LogP contribution in [0.2, 0.25) is 0 Å². The minimum Gasteiger partial charge on any atom is -0.462 e. The molecule has 1 N–H and O–H groups in total. The average Bonchev–Trinajstić information content (AvgIpc) is 2.74. The zero-order chi connectivity index (χ0) is 20.2. The molecule has 1 aliphatic rings. The topological polar surface area (TPSA) is 60.5 Å². The van der Waals surface area contributed by atoms with Crippen LogP contribution in [0.5, 0.6) is 0 Å². The molecular weight excluding hydrogens is 371 g/mol. The van der Waals surface area contributed by atoms with Gasteiger partial charge in [-0.15, -0.1) is 0 Å². The first-order valence-corrected chi connectivity index (χ1v) is 9.86. The molecule has 0 atom stereocenters. The number of ether oxygens (including phenoxy) is 2. The number of nitrogens with zero attached hydrogens (tertiary/aromatic N) is 1. The molecule has 4 rings (SSSR count). The number of hydrogen-bond acceptors (Lipinski definition) is 5. The third-order valence-electron chi connectivity index (χ3n) is 5.02. The molecular formula is C23H23FN2O3. The van der Waals surface area contributed by atoms with Gasteiger partial charge in [0.25, 0.3) is 0 Å². The van der Waals surface area contributed by atoms with Crippen molar-refractivity contribution >= 4 is 22.6 Å². The van der Waals surface area contributed by atoms with Crippen LogP contribution in [0.4, 0.5) is 10.1 Å². The van der Waals surface area contributed by atoms with Crippen molar-refractivity contribution in [2.45, 2.75) is 25.8 Å². The van der Waals surface area contributed by atoms with E-state index in [0.717, 1.165) is 53.9 Å². The highest BCUT2D eigenvalue weighted by Crippen LogP contribution is 2.32. The number of carbonyl (C=O) groups excluding carboxylic acids is 1. The quantitative estimate of drug-likeness (QED) is 0.630. The Morgan fingerprint density at radius 1 is 1.17 bits per heavy atom. The third-order valence-corrected chi connectivity index (χ3v) is 5.02. The first-order valence-electron chi connectivity index (χ1n) is 9.86. The van der Waals surface area contributed by atoms with Crippen LogP contribution in [0.3, 0.4) is 0 Å². The molecule has 150 valence electrons. The molecule has 1 aromatic heterocycles. The summed E-state index contributed by atoms with van der Waals surface area (Å²) in [5, 5.41) is 4.42. The first-order chi connectivity index (χ1) is 14.1. The van der Waals surface area contributed by atoms with Gasteiger partial charge in [0, 0.05) is 30.2 Å². The summed E-state index contributed by atoms with van der Waals surface area (Å²) in [4.78, 5) is 16.9. The van der Waals surface area contributed by atoms with E-state index in [9.17, 15) is 9.18 Å². The number of nitrogens with one attached hydrogen (secondary N) is 1. The molecule has 0 radical (unpaired) electrons. The van der Waals surface area contributed by atoms with E-state index in [-0.39, 0.29) is 17.8 Å². The van der Waals surface area contributed by atoms with Crippen LogP contribution < -0.4 is 5.32 Å². The summed E-state index contributed by atoms with van der Waals surface area (Å²) in [5.74, 6) is -0.636. The Labute approximate surface area is 168 Å². The largest absolute Gasteiger partial charge is 0.462 e. The molecule has 2 heterocycles. The van der Waals surface area contributed by atoms with Crippen molar-refractivity contribution in [2.75, 3.05) is 25.1 Å². The number of carbonyl (C=O) groups is 1. The van der Waals surface area contributed by atoms with Crippen LogP contribution in [0.15, 0.2) is 48.5 Å². The lowest BCUT2D eigenvalue weighted by atomic mass is 10.0. The Balaban J connectivity index is 1.78. The molecule has 0 saturated carbocycles. The summed E-state index contributed by atoms with van der Waals surface area (Å²) in [6.45, 7) is 3.55. The van der Waals surface area contributed by atoms with Gasteiger partial charge in [-0.1, -0.05) is 0 Å². The highest BCUT2D eigenvalue weighted by Gasteiger charge is 2.18. The number of pyridine rings is 1. The van der Waals surface area contributed by atoms with Gasteiger partial charge in [0.05, 0.1) is 29.1 Å². The lowest BCUT2D eigenvalue weighted by molar-refractivity contribution is 0.0526. The molecule has 29 heavy (non-hydrogen) atoms. The van der Waals surface area contributed by atoms with Crippen molar-refractivity contribution in [2.24, 2.45) is 0 Å². The van der Waals surface area contributed by atoms with Crippen LogP contribution in [-0.2, 0) is 9.47 Å². The van der Waals surface area contributed by atoms with Gasteiger partial charge in [0.15, 0.2) is 0 Å². The fourth-order valence-corrected chi connectivity index (χ4v) is 3.52. The zero-order valence-corrected chi connectivity index (χ0v) is 16.3. The lowest BCUT2D eigenvalue weighted by Gasteiger charge is -2.25. The number of rotatable bonds is 5. The Morgan fingerprint density at radius 3 is 2.66 bits per heavy atom. The maximum atomic E-state index is 13.4. The maximum Gasteiger partial charge on any atom is 0.338 e. The van der Waals surface area contributed by atoms with E-state index in [1.54, 1.807) is 31.2 Å². The predicted molar refractivity (Wildman–Crippen MR) is 111 cm³/mol. The second-order valence-corrected chi connectivity index (χ2v) is 7.05. The molecule has 2 aromatic carbocycles. The number of aromatic nitrogens is 1. The molecule has 0 bridgehead atoms. The number of esters is 1. The van der Waals surface area contributed by atoms with Gasteiger partial charge >= 0.3 is 5.97 Å². The fraction of sp³-hybridized carbons (Fsp3) is 0.304. The summed E-state index contributed by atoms with van der Waals surface area (Å²) in [5.41, 5.74) is 3.70. The van der Waals surface area contributed by atoms with E-state index in [1.807, 2.05) is 12.1 Å². The van der Waals surface area contributed by atoms with E-state index in [4.69, 9.17) is 14.5 Å². The minimum atomic E-state index is -0.351. The van der Waals surface area contributed by atoms with Gasteiger partial charge in [-0.3, -0.25) is 0 Å². The van der Waals surface area contributed by atoms with Crippen molar-refractivity contribution in [3.8, 4) is 11.3 Å². The van der Waals surface area contributed by atoms with Crippen LogP contribution >= 0.6 is 0 Å². The normalized spacial score (nSPS) is 14.7. The van der Waals surface area contributed by atoms with E-state index < -0.39 is 0 Å². The highest BCUT2D eigenvalue weighted by atomic mass is 19.1. The smallest absolute Gasteiger partial charge is 0.338 e. The fourth-order valence-electron chi connectivity index (χ4n) is 3.52. The van der Waals surface area contributed by atoms with Gasteiger partial charge < -0.3 is 14.8 Å². The molecule has 1 saturated heterocycles. The van der Waals surface area contributed by atoms with Gasteiger partial charge in [0.1, 0.15) is 5.82 Å². The Hall–Kier alpha value is -2.99. The molecule has 0 spiro atoms. The molecule has 0 aliphatic carbocycles. The Kier molecular flexibility index (Phi) is 5.71. The van der Waals surface area contributed by atoms with Crippen LogP contribution in [0, 0.1) is 5.82 Å². The summed E-state index contributed by atoms with van der Waals surface area (Å²) in [6.07, 6.45) is 1.81. The zero-order valence-electron chi connectivity index (χ0n) is 16.3. The molecule has 1 aliphatic heterocycles. The second kappa shape index (κ2) is 8.57. The Morgan fingerprint density at radius 2 is 1.93 bits per heavy atom. The van der Waals surface area contributed by atoms with Gasteiger partial charge in [-0.2, -0.15) is 0 Å². The van der Waals surface area contributed by atoms with E-state index in [0.29, 0.717) is 12.2 Å². The van der Waals surface area contributed by atoms with Gasteiger partial charge in [-0.05, 0) is 68.3 Å².